The molecule has 3 N–H and O–H groups in total. The molecule has 160 valence electrons. The van der Waals surface area contributed by atoms with Gasteiger partial charge in [0.15, 0.2) is 18.1 Å². The minimum Gasteiger partial charge on any atom is -0.490 e. The van der Waals surface area contributed by atoms with E-state index in [1.54, 1.807) is 0 Å². The van der Waals surface area contributed by atoms with Crippen molar-refractivity contribution in [1.82, 2.24) is 5.32 Å². The Hall–Kier alpha value is -1.46. The summed E-state index contributed by atoms with van der Waals surface area (Å²) in [6, 6.07) is 4.32. The molecular weight excluding hydrogens is 388 g/mol. The summed E-state index contributed by atoms with van der Waals surface area (Å²) in [5, 5.41) is 4.23. The standard InChI is InChI=1S/C23H33ClN2O3/c1-3-28-20-8-18(7-19(24)22(20)29-13-21(25)27)12-26-14(2)23-9-15-4-16(10-23)6-17(5-15)11-23/h7-8,14-17,26H,3-6,9-13H2,1-2H3,(H2,25,27)/t14-,15?,16?,17?,23?/m0/s1. The number of hydrogen-bond acceptors (Lipinski definition) is 4. The molecule has 5 rings (SSSR count). The molecule has 29 heavy (non-hydrogen) atoms. The number of carbonyl (C=O) groups excluding carboxylic acids is 1. The first-order valence-electron chi connectivity index (χ1n) is 11.0. The summed E-state index contributed by atoms with van der Waals surface area (Å²) in [5.74, 6) is 3.24. The molecule has 1 aromatic carbocycles. The molecule has 5 nitrogen and oxygen atoms in total. The molecule has 4 aliphatic rings. The van der Waals surface area contributed by atoms with E-state index in [9.17, 15) is 4.79 Å². The number of rotatable bonds is 9. The van der Waals surface area contributed by atoms with Crippen molar-refractivity contribution in [2.24, 2.45) is 28.9 Å². The lowest BCUT2D eigenvalue weighted by atomic mass is 9.48. The average Bonchev–Trinajstić information content (AvgIpc) is 2.64. The van der Waals surface area contributed by atoms with Crippen LogP contribution in [0.2, 0.25) is 5.02 Å². The number of benzene rings is 1. The number of nitrogens with one attached hydrogen (secondary N) is 1. The highest BCUT2D eigenvalue weighted by Crippen LogP contribution is 2.61. The van der Waals surface area contributed by atoms with Crippen LogP contribution in [0, 0.1) is 23.2 Å². The molecule has 0 saturated heterocycles. The van der Waals surface area contributed by atoms with Crippen LogP contribution in [0.25, 0.3) is 0 Å². The topological polar surface area (TPSA) is 73.6 Å². The van der Waals surface area contributed by atoms with E-state index in [4.69, 9.17) is 26.8 Å². The smallest absolute Gasteiger partial charge is 0.255 e. The molecule has 4 aliphatic carbocycles. The van der Waals surface area contributed by atoms with Gasteiger partial charge in [-0.25, -0.2) is 0 Å². The molecule has 0 spiro atoms. The third-order valence-electron chi connectivity index (χ3n) is 7.34. The van der Waals surface area contributed by atoms with E-state index in [1.807, 2.05) is 19.1 Å². The fraction of sp³-hybridized carbons (Fsp3) is 0.696. The quantitative estimate of drug-likeness (QED) is 0.624. The van der Waals surface area contributed by atoms with Gasteiger partial charge in [0.25, 0.3) is 5.91 Å². The molecule has 0 radical (unpaired) electrons. The van der Waals surface area contributed by atoms with Crippen molar-refractivity contribution in [1.29, 1.82) is 0 Å². The summed E-state index contributed by atoms with van der Waals surface area (Å²) in [7, 11) is 0. The van der Waals surface area contributed by atoms with Gasteiger partial charge in [0, 0.05) is 12.6 Å². The van der Waals surface area contributed by atoms with Crippen LogP contribution >= 0.6 is 11.6 Å². The van der Waals surface area contributed by atoms with Gasteiger partial charge in [-0.1, -0.05) is 11.6 Å². The maximum atomic E-state index is 11.1. The van der Waals surface area contributed by atoms with E-state index in [2.05, 4.69) is 12.2 Å². The van der Waals surface area contributed by atoms with Crippen molar-refractivity contribution in [2.45, 2.75) is 65.0 Å². The first-order chi connectivity index (χ1) is 13.9. The average molecular weight is 421 g/mol. The molecule has 0 aliphatic heterocycles. The Morgan fingerprint density at radius 2 is 1.83 bits per heavy atom. The number of amides is 1. The molecule has 4 bridgehead atoms. The molecule has 4 saturated carbocycles. The molecular formula is C23H33ClN2O3. The van der Waals surface area contributed by atoms with Crippen LogP contribution in [-0.4, -0.2) is 25.2 Å². The monoisotopic (exact) mass is 420 g/mol. The third-order valence-corrected chi connectivity index (χ3v) is 7.63. The Morgan fingerprint density at radius 1 is 1.21 bits per heavy atom. The molecule has 0 aromatic heterocycles. The Kier molecular flexibility index (Phi) is 5.99. The predicted octanol–water partition coefficient (Wildman–Crippen LogP) is 4.30. The molecule has 4 fully saturated rings. The van der Waals surface area contributed by atoms with Crippen LogP contribution in [0.15, 0.2) is 12.1 Å². The second-order valence-corrected chi connectivity index (χ2v) is 9.88. The summed E-state index contributed by atoms with van der Waals surface area (Å²) in [6.07, 6.45) is 8.55. The Bertz CT molecular complexity index is 731. The van der Waals surface area contributed by atoms with Crippen molar-refractivity contribution < 1.29 is 14.3 Å². The van der Waals surface area contributed by atoms with Crippen molar-refractivity contribution in [3.05, 3.63) is 22.7 Å². The SMILES string of the molecule is CCOc1cc(CN[C@@H](C)C23CC4CC(CC(C4)C2)C3)cc(Cl)c1OCC(N)=O. The van der Waals surface area contributed by atoms with Gasteiger partial charge < -0.3 is 20.5 Å². The summed E-state index contributed by atoms with van der Waals surface area (Å²) < 4.78 is 11.2. The molecule has 1 amide bonds. The lowest BCUT2D eigenvalue weighted by molar-refractivity contribution is -0.119. The lowest BCUT2D eigenvalue weighted by Crippen LogP contribution is -2.54. The van der Waals surface area contributed by atoms with Crippen LogP contribution in [0.4, 0.5) is 0 Å². The summed E-state index contributed by atoms with van der Waals surface area (Å²) >= 11 is 6.44. The fourth-order valence-electron chi connectivity index (χ4n) is 6.47. The second-order valence-electron chi connectivity index (χ2n) is 9.48. The zero-order valence-electron chi connectivity index (χ0n) is 17.5. The molecule has 1 aromatic rings. The number of primary amides is 1. The summed E-state index contributed by atoms with van der Waals surface area (Å²) in [5.41, 5.74) is 6.71. The van der Waals surface area contributed by atoms with Crippen LogP contribution in [0.5, 0.6) is 11.5 Å². The lowest BCUT2D eigenvalue weighted by Gasteiger charge is -2.59. The zero-order valence-corrected chi connectivity index (χ0v) is 18.3. The van der Waals surface area contributed by atoms with E-state index < -0.39 is 5.91 Å². The summed E-state index contributed by atoms with van der Waals surface area (Å²) in [4.78, 5) is 11.1. The molecule has 0 heterocycles. The van der Waals surface area contributed by atoms with Gasteiger partial charge in [-0.2, -0.15) is 0 Å². The van der Waals surface area contributed by atoms with Gasteiger partial charge in [-0.05, 0) is 93.2 Å². The maximum absolute atomic E-state index is 11.1. The van der Waals surface area contributed by atoms with Crippen LogP contribution in [0.1, 0.15) is 57.9 Å². The number of ether oxygens (including phenoxy) is 2. The first-order valence-corrected chi connectivity index (χ1v) is 11.4. The zero-order chi connectivity index (χ0) is 20.6. The van der Waals surface area contributed by atoms with Crippen LogP contribution in [-0.2, 0) is 11.3 Å². The number of hydrogen-bond donors (Lipinski definition) is 2. The highest BCUT2D eigenvalue weighted by molar-refractivity contribution is 6.32. The van der Waals surface area contributed by atoms with Crippen LogP contribution < -0.4 is 20.5 Å². The highest BCUT2D eigenvalue weighted by Gasteiger charge is 2.52. The number of halogens is 1. The van der Waals surface area contributed by atoms with Gasteiger partial charge in [0.1, 0.15) is 0 Å². The highest BCUT2D eigenvalue weighted by atomic mass is 35.5. The third kappa shape index (κ3) is 4.36. The first kappa shape index (κ1) is 20.8. The second kappa shape index (κ2) is 8.35. The minimum atomic E-state index is -0.543. The van der Waals surface area contributed by atoms with Gasteiger partial charge in [-0.15, -0.1) is 0 Å². The van der Waals surface area contributed by atoms with Crippen molar-refractivity contribution in [3.63, 3.8) is 0 Å². The molecule has 1 atom stereocenters. The normalized spacial score (nSPS) is 30.9. The number of carbonyl (C=O) groups is 1. The van der Waals surface area contributed by atoms with Gasteiger partial charge in [0.2, 0.25) is 0 Å². The van der Waals surface area contributed by atoms with Crippen molar-refractivity contribution in [3.8, 4) is 11.5 Å². The Balaban J connectivity index is 1.44. The van der Waals surface area contributed by atoms with E-state index in [1.165, 1.54) is 38.5 Å². The largest absolute Gasteiger partial charge is 0.490 e. The van der Waals surface area contributed by atoms with Gasteiger partial charge in [-0.3, -0.25) is 4.79 Å². The van der Waals surface area contributed by atoms with E-state index in [0.717, 1.165) is 29.9 Å². The fourth-order valence-corrected chi connectivity index (χ4v) is 6.75. The Labute approximate surface area is 178 Å². The summed E-state index contributed by atoms with van der Waals surface area (Å²) in [6.45, 7) is 5.28. The maximum Gasteiger partial charge on any atom is 0.255 e. The predicted molar refractivity (Wildman–Crippen MR) is 114 cm³/mol. The van der Waals surface area contributed by atoms with Crippen LogP contribution in [0.3, 0.4) is 0 Å². The molecule has 0 unspecified atom stereocenters. The van der Waals surface area contributed by atoms with E-state index >= 15 is 0 Å². The Morgan fingerprint density at radius 3 is 2.38 bits per heavy atom. The van der Waals surface area contributed by atoms with Gasteiger partial charge >= 0.3 is 0 Å². The van der Waals surface area contributed by atoms with E-state index in [-0.39, 0.29) is 6.61 Å². The van der Waals surface area contributed by atoms with Crippen molar-refractivity contribution >= 4 is 17.5 Å². The van der Waals surface area contributed by atoms with Crippen molar-refractivity contribution in [2.75, 3.05) is 13.2 Å². The number of nitrogens with two attached hydrogens (primary N) is 1. The minimum absolute atomic E-state index is 0.222. The van der Waals surface area contributed by atoms with E-state index in [0.29, 0.717) is 34.6 Å². The van der Waals surface area contributed by atoms with Gasteiger partial charge in [0.05, 0.1) is 11.6 Å². The molecule has 6 heteroatoms.